The summed E-state index contributed by atoms with van der Waals surface area (Å²) in [5.41, 5.74) is 1.31. The molecule has 0 aliphatic heterocycles. The van der Waals surface area contributed by atoms with Crippen LogP contribution in [0.15, 0.2) is 36.7 Å². The van der Waals surface area contributed by atoms with Crippen molar-refractivity contribution in [1.29, 1.82) is 0 Å². The molecule has 0 amide bonds. The van der Waals surface area contributed by atoms with E-state index in [1.807, 2.05) is 24.2 Å². The van der Waals surface area contributed by atoms with Gasteiger partial charge < -0.3 is 5.32 Å². The van der Waals surface area contributed by atoms with Gasteiger partial charge in [0.1, 0.15) is 0 Å². The summed E-state index contributed by atoms with van der Waals surface area (Å²) in [5.74, 6) is 0. The molecule has 1 aliphatic rings. The smallest absolute Gasteiger partial charge is 0.0346 e. The maximum absolute atomic E-state index is 4.35. The molecule has 1 fully saturated rings. The molecule has 0 spiro atoms. The molecule has 3 heteroatoms. The minimum absolute atomic E-state index is 0.661. The Kier molecular flexibility index (Phi) is 4.04. The fourth-order valence-corrected chi connectivity index (χ4v) is 3.97. The van der Waals surface area contributed by atoms with E-state index < -0.39 is 0 Å². The number of hydrogen-bond donors (Lipinski definition) is 1. The molecule has 2 unspecified atom stereocenters. The summed E-state index contributed by atoms with van der Waals surface area (Å²) in [7, 11) is 0. The van der Waals surface area contributed by atoms with E-state index in [2.05, 4.69) is 40.8 Å². The van der Waals surface area contributed by atoms with Gasteiger partial charge in [-0.3, -0.25) is 4.98 Å². The standard InChI is InChI=1S/C16H20N2S/c1-19-16-8-4-7-15(16)18-11-13-10-17-9-12-5-2-3-6-14(12)13/h2-3,5-6,9-10,15-16,18H,4,7-8,11H2,1H3. The first kappa shape index (κ1) is 12.9. The van der Waals surface area contributed by atoms with Crippen LogP contribution in [0.25, 0.3) is 10.8 Å². The van der Waals surface area contributed by atoms with Gasteiger partial charge in [0, 0.05) is 35.6 Å². The number of nitrogens with one attached hydrogen (secondary N) is 1. The van der Waals surface area contributed by atoms with E-state index in [1.54, 1.807) is 0 Å². The molecule has 1 aliphatic carbocycles. The van der Waals surface area contributed by atoms with Gasteiger partial charge in [0.15, 0.2) is 0 Å². The van der Waals surface area contributed by atoms with Gasteiger partial charge in [0.2, 0.25) is 0 Å². The van der Waals surface area contributed by atoms with Crippen LogP contribution < -0.4 is 5.32 Å². The Morgan fingerprint density at radius 2 is 2.16 bits per heavy atom. The predicted octanol–water partition coefficient (Wildman–Crippen LogP) is 3.61. The highest BCUT2D eigenvalue weighted by atomic mass is 32.2. The highest BCUT2D eigenvalue weighted by molar-refractivity contribution is 7.99. The second-order valence-electron chi connectivity index (χ2n) is 5.21. The number of fused-ring (bicyclic) bond motifs is 1. The average molecular weight is 272 g/mol. The number of thioether (sulfide) groups is 1. The molecule has 1 N–H and O–H groups in total. The Hall–Kier alpha value is -1.06. The van der Waals surface area contributed by atoms with Crippen LogP contribution >= 0.6 is 11.8 Å². The van der Waals surface area contributed by atoms with Crippen LogP contribution in [0.2, 0.25) is 0 Å². The number of nitrogens with zero attached hydrogens (tertiary/aromatic N) is 1. The van der Waals surface area contributed by atoms with E-state index >= 15 is 0 Å². The van der Waals surface area contributed by atoms with Gasteiger partial charge in [0.05, 0.1) is 0 Å². The molecule has 0 radical (unpaired) electrons. The third-order valence-corrected chi connectivity index (χ3v) is 5.23. The summed E-state index contributed by atoms with van der Waals surface area (Å²) < 4.78 is 0. The number of aromatic nitrogens is 1. The quantitative estimate of drug-likeness (QED) is 0.920. The second kappa shape index (κ2) is 5.93. The number of hydrogen-bond acceptors (Lipinski definition) is 3. The molecule has 1 aromatic carbocycles. The lowest BCUT2D eigenvalue weighted by Gasteiger charge is -2.19. The lowest BCUT2D eigenvalue weighted by atomic mass is 10.1. The minimum atomic E-state index is 0.661. The minimum Gasteiger partial charge on any atom is -0.309 e. The molecule has 1 saturated carbocycles. The lowest BCUT2D eigenvalue weighted by Crippen LogP contribution is -2.33. The number of pyridine rings is 1. The average Bonchev–Trinajstić information content (AvgIpc) is 2.92. The third-order valence-electron chi connectivity index (χ3n) is 4.06. The van der Waals surface area contributed by atoms with Gasteiger partial charge >= 0.3 is 0 Å². The summed E-state index contributed by atoms with van der Waals surface area (Å²) in [6.07, 6.45) is 10.2. The second-order valence-corrected chi connectivity index (χ2v) is 6.29. The largest absolute Gasteiger partial charge is 0.309 e. The van der Waals surface area contributed by atoms with E-state index in [0.29, 0.717) is 6.04 Å². The van der Waals surface area contributed by atoms with Crippen molar-refractivity contribution in [2.24, 2.45) is 0 Å². The van der Waals surface area contributed by atoms with Crippen LogP contribution in [0.3, 0.4) is 0 Å². The Balaban J connectivity index is 1.75. The van der Waals surface area contributed by atoms with E-state index in [9.17, 15) is 0 Å². The Morgan fingerprint density at radius 3 is 3.05 bits per heavy atom. The Labute approximate surface area is 119 Å². The Bertz CT molecular complexity index is 550. The van der Waals surface area contributed by atoms with Crippen LogP contribution in [-0.4, -0.2) is 22.5 Å². The molecule has 1 aromatic heterocycles. The van der Waals surface area contributed by atoms with Crippen molar-refractivity contribution in [3.63, 3.8) is 0 Å². The van der Waals surface area contributed by atoms with Crippen LogP contribution in [-0.2, 0) is 6.54 Å². The van der Waals surface area contributed by atoms with E-state index in [4.69, 9.17) is 0 Å². The van der Waals surface area contributed by atoms with Gasteiger partial charge in [-0.1, -0.05) is 30.7 Å². The fraction of sp³-hybridized carbons (Fsp3) is 0.438. The van der Waals surface area contributed by atoms with Gasteiger partial charge in [-0.15, -0.1) is 0 Å². The zero-order valence-corrected chi connectivity index (χ0v) is 12.1. The summed E-state index contributed by atoms with van der Waals surface area (Å²) in [4.78, 5) is 4.35. The van der Waals surface area contributed by atoms with Gasteiger partial charge in [-0.2, -0.15) is 11.8 Å². The summed E-state index contributed by atoms with van der Waals surface area (Å²) >= 11 is 2.00. The normalized spacial score (nSPS) is 23.0. The van der Waals surface area contributed by atoms with Gasteiger partial charge in [-0.05, 0) is 30.0 Å². The number of rotatable bonds is 4. The third kappa shape index (κ3) is 2.77. The van der Waals surface area contributed by atoms with Crippen LogP contribution in [0.1, 0.15) is 24.8 Å². The van der Waals surface area contributed by atoms with Gasteiger partial charge in [0.25, 0.3) is 0 Å². The van der Waals surface area contributed by atoms with Crippen LogP contribution in [0.4, 0.5) is 0 Å². The molecule has 0 bridgehead atoms. The summed E-state index contributed by atoms with van der Waals surface area (Å²) in [6, 6.07) is 9.16. The molecule has 1 heterocycles. The molecule has 2 aromatic rings. The maximum Gasteiger partial charge on any atom is 0.0346 e. The molecule has 2 nitrogen and oxygen atoms in total. The lowest BCUT2D eigenvalue weighted by molar-refractivity contribution is 0.533. The van der Waals surface area contributed by atoms with E-state index in [0.717, 1.165) is 11.8 Å². The first-order valence-corrected chi connectivity index (χ1v) is 8.25. The molecule has 3 rings (SSSR count). The van der Waals surface area contributed by atoms with Crippen molar-refractivity contribution in [3.8, 4) is 0 Å². The summed E-state index contributed by atoms with van der Waals surface area (Å²) in [5, 5.41) is 7.06. The fourth-order valence-electron chi connectivity index (χ4n) is 3.00. The van der Waals surface area contributed by atoms with Crippen LogP contribution in [0.5, 0.6) is 0 Å². The highest BCUT2D eigenvalue weighted by Crippen LogP contribution is 2.28. The van der Waals surface area contributed by atoms with Crippen LogP contribution in [0, 0.1) is 0 Å². The van der Waals surface area contributed by atoms with Crippen molar-refractivity contribution in [2.75, 3.05) is 6.26 Å². The SMILES string of the molecule is CSC1CCCC1NCc1cncc2ccccc12. The van der Waals surface area contributed by atoms with Crippen molar-refractivity contribution in [2.45, 2.75) is 37.1 Å². The number of benzene rings is 1. The zero-order valence-electron chi connectivity index (χ0n) is 11.3. The monoisotopic (exact) mass is 272 g/mol. The van der Waals surface area contributed by atoms with Crippen molar-refractivity contribution < 1.29 is 0 Å². The van der Waals surface area contributed by atoms with Crippen molar-refractivity contribution >= 4 is 22.5 Å². The maximum atomic E-state index is 4.35. The molecule has 100 valence electrons. The molecular formula is C16H20N2S. The summed E-state index contributed by atoms with van der Waals surface area (Å²) in [6.45, 7) is 0.927. The Morgan fingerprint density at radius 1 is 1.26 bits per heavy atom. The molecule has 19 heavy (non-hydrogen) atoms. The highest BCUT2D eigenvalue weighted by Gasteiger charge is 2.25. The molecule has 2 atom stereocenters. The zero-order chi connectivity index (χ0) is 13.1. The first-order valence-electron chi connectivity index (χ1n) is 6.96. The predicted molar refractivity (Wildman–Crippen MR) is 83.5 cm³/mol. The van der Waals surface area contributed by atoms with E-state index in [1.165, 1.54) is 35.6 Å². The first-order chi connectivity index (χ1) is 9.38. The van der Waals surface area contributed by atoms with Crippen molar-refractivity contribution in [3.05, 3.63) is 42.2 Å². The van der Waals surface area contributed by atoms with E-state index in [-0.39, 0.29) is 0 Å². The van der Waals surface area contributed by atoms with Gasteiger partial charge in [-0.25, -0.2) is 0 Å². The van der Waals surface area contributed by atoms with Crippen molar-refractivity contribution in [1.82, 2.24) is 10.3 Å². The molecular weight excluding hydrogens is 252 g/mol. The molecule has 0 saturated heterocycles. The topological polar surface area (TPSA) is 24.9 Å².